The second kappa shape index (κ2) is 13.1. The summed E-state index contributed by atoms with van der Waals surface area (Å²) in [5, 5.41) is 25.8. The van der Waals surface area contributed by atoms with E-state index in [4.69, 9.17) is 4.74 Å². The maximum atomic E-state index is 13.6. The number of nitro benzene ring substituents is 1. The van der Waals surface area contributed by atoms with Gasteiger partial charge in [0, 0.05) is 28.3 Å². The molecule has 1 aliphatic carbocycles. The van der Waals surface area contributed by atoms with Crippen LogP contribution in [0.1, 0.15) is 50.3 Å². The minimum atomic E-state index is -0.555. The lowest BCUT2D eigenvalue weighted by Crippen LogP contribution is -2.24. The van der Waals surface area contributed by atoms with Crippen LogP contribution in [0.5, 0.6) is 0 Å². The molecule has 0 bridgehead atoms. The van der Waals surface area contributed by atoms with E-state index in [1.165, 1.54) is 53.8 Å². The average Bonchev–Trinajstić information content (AvgIpc) is 3.69. The van der Waals surface area contributed by atoms with E-state index in [1.54, 1.807) is 11.5 Å². The fourth-order valence-corrected chi connectivity index (χ4v) is 6.65. The van der Waals surface area contributed by atoms with Gasteiger partial charge >= 0.3 is 5.97 Å². The Morgan fingerprint density at radius 1 is 1.16 bits per heavy atom. The summed E-state index contributed by atoms with van der Waals surface area (Å²) in [6, 6.07) is 10.9. The Morgan fingerprint density at radius 2 is 1.95 bits per heavy atom. The molecule has 5 rings (SSSR count). The first-order chi connectivity index (χ1) is 20.7. The number of benzene rings is 2. The van der Waals surface area contributed by atoms with Crippen molar-refractivity contribution in [2.24, 2.45) is 0 Å². The van der Waals surface area contributed by atoms with Gasteiger partial charge in [-0.15, -0.1) is 21.5 Å². The second-order valence-corrected chi connectivity index (χ2v) is 11.4. The van der Waals surface area contributed by atoms with Crippen LogP contribution in [0.3, 0.4) is 0 Å². The van der Waals surface area contributed by atoms with E-state index < -0.39 is 22.6 Å². The van der Waals surface area contributed by atoms with Gasteiger partial charge in [-0.05, 0) is 62.1 Å². The molecule has 2 N–H and O–H groups in total. The molecule has 0 spiro atoms. The number of nitrogens with one attached hydrogen (secondary N) is 2. The molecular weight excluding hydrogens is 599 g/mol. The van der Waals surface area contributed by atoms with Gasteiger partial charge in [0.2, 0.25) is 5.91 Å². The van der Waals surface area contributed by atoms with E-state index in [1.807, 2.05) is 0 Å². The molecular formula is C28H25FN6O6S2. The molecule has 222 valence electrons. The quantitative estimate of drug-likeness (QED) is 0.104. The van der Waals surface area contributed by atoms with E-state index in [0.717, 1.165) is 47.5 Å². The number of carbonyl (C=O) groups is 3. The van der Waals surface area contributed by atoms with Crippen molar-refractivity contribution in [2.45, 2.75) is 37.9 Å². The fourth-order valence-electron chi connectivity index (χ4n) is 4.59. The van der Waals surface area contributed by atoms with Crippen LogP contribution >= 0.6 is 23.1 Å². The van der Waals surface area contributed by atoms with E-state index in [0.29, 0.717) is 21.4 Å². The summed E-state index contributed by atoms with van der Waals surface area (Å²) in [7, 11) is 0. The predicted molar refractivity (Wildman–Crippen MR) is 157 cm³/mol. The van der Waals surface area contributed by atoms with Gasteiger partial charge in [-0.1, -0.05) is 17.8 Å². The zero-order valence-electron chi connectivity index (χ0n) is 22.8. The first-order valence-corrected chi connectivity index (χ1v) is 15.0. The summed E-state index contributed by atoms with van der Waals surface area (Å²) in [5.74, 6) is -1.75. The van der Waals surface area contributed by atoms with Gasteiger partial charge in [-0.3, -0.25) is 24.3 Å². The number of thiophene rings is 1. The lowest BCUT2D eigenvalue weighted by atomic mass is 10.1. The number of hydrogen-bond donors (Lipinski definition) is 2. The van der Waals surface area contributed by atoms with Crippen molar-refractivity contribution in [1.29, 1.82) is 0 Å². The molecule has 2 aromatic heterocycles. The Kier molecular flexibility index (Phi) is 9.11. The molecule has 15 heteroatoms. The number of fused-ring (bicyclic) bond motifs is 1. The largest absolute Gasteiger partial charge is 0.462 e. The minimum Gasteiger partial charge on any atom is -0.462 e. The normalized spacial score (nSPS) is 12.0. The molecule has 0 radical (unpaired) electrons. The van der Waals surface area contributed by atoms with Gasteiger partial charge in [0.25, 0.3) is 11.6 Å². The maximum absolute atomic E-state index is 13.6. The third-order valence-corrected chi connectivity index (χ3v) is 8.64. The molecule has 0 saturated heterocycles. The van der Waals surface area contributed by atoms with Crippen LogP contribution in [0.2, 0.25) is 0 Å². The van der Waals surface area contributed by atoms with Gasteiger partial charge in [0.15, 0.2) is 11.0 Å². The number of aromatic nitrogens is 3. The summed E-state index contributed by atoms with van der Waals surface area (Å²) >= 11 is 2.43. The van der Waals surface area contributed by atoms with Gasteiger partial charge in [0.1, 0.15) is 10.8 Å². The first kappa shape index (κ1) is 29.8. The molecule has 43 heavy (non-hydrogen) atoms. The molecule has 1 aliphatic rings. The maximum Gasteiger partial charge on any atom is 0.341 e. The van der Waals surface area contributed by atoms with Crippen molar-refractivity contribution in [3.8, 4) is 5.69 Å². The number of ether oxygens (including phenoxy) is 1. The summed E-state index contributed by atoms with van der Waals surface area (Å²) in [6.07, 6.45) is 2.54. The number of halogens is 1. The van der Waals surface area contributed by atoms with E-state index in [9.17, 15) is 28.9 Å². The standard InChI is InChI=1S/C28H25FN6O6S2/c1-2-41-27(38)24-20-7-4-8-21(20)43-26(24)31-23(36)15-42-28-33-32-22(14-30-25(37)16-5-3-6-17(29)13-16)34(28)18-9-11-19(12-10-18)35(39)40/h3,5-6,9-13H,2,4,7-8,14-15H2,1H3,(H,30,37)(H,31,36). The topological polar surface area (TPSA) is 158 Å². The minimum absolute atomic E-state index is 0.0917. The van der Waals surface area contributed by atoms with Crippen LogP contribution in [0, 0.1) is 15.9 Å². The summed E-state index contributed by atoms with van der Waals surface area (Å²) in [4.78, 5) is 50.0. The summed E-state index contributed by atoms with van der Waals surface area (Å²) in [5.41, 5.74) is 1.80. The van der Waals surface area contributed by atoms with Crippen LogP contribution in [0.15, 0.2) is 53.7 Å². The SMILES string of the molecule is CCOC(=O)c1c(NC(=O)CSc2nnc(CNC(=O)c3cccc(F)c3)n2-c2ccc([N+](=O)[O-])cc2)sc2c1CCC2. The fraction of sp³-hybridized carbons (Fsp3) is 0.250. The van der Waals surface area contributed by atoms with E-state index in [2.05, 4.69) is 20.8 Å². The molecule has 2 amide bonds. The molecule has 4 aromatic rings. The molecule has 2 heterocycles. The number of nitro groups is 1. The van der Waals surface area contributed by atoms with Crippen molar-refractivity contribution < 1.29 is 28.4 Å². The van der Waals surface area contributed by atoms with Crippen molar-refractivity contribution in [3.63, 3.8) is 0 Å². The van der Waals surface area contributed by atoms with Crippen molar-refractivity contribution in [2.75, 3.05) is 17.7 Å². The molecule has 12 nitrogen and oxygen atoms in total. The van der Waals surface area contributed by atoms with Gasteiger partial charge in [-0.2, -0.15) is 0 Å². The Hall–Kier alpha value is -4.63. The van der Waals surface area contributed by atoms with Crippen LogP contribution in [-0.4, -0.2) is 49.8 Å². The highest BCUT2D eigenvalue weighted by molar-refractivity contribution is 7.99. The van der Waals surface area contributed by atoms with Crippen LogP contribution < -0.4 is 10.6 Å². The van der Waals surface area contributed by atoms with E-state index in [-0.39, 0.29) is 41.9 Å². The van der Waals surface area contributed by atoms with E-state index >= 15 is 0 Å². The van der Waals surface area contributed by atoms with Gasteiger partial charge in [0.05, 0.1) is 29.4 Å². The van der Waals surface area contributed by atoms with Crippen molar-refractivity contribution >= 4 is 51.6 Å². The highest BCUT2D eigenvalue weighted by Gasteiger charge is 2.28. The molecule has 0 aliphatic heterocycles. The number of carbonyl (C=O) groups excluding carboxylic acids is 3. The monoisotopic (exact) mass is 624 g/mol. The number of non-ortho nitro benzene ring substituents is 1. The predicted octanol–water partition coefficient (Wildman–Crippen LogP) is 4.70. The van der Waals surface area contributed by atoms with Gasteiger partial charge in [-0.25, -0.2) is 9.18 Å². The second-order valence-electron chi connectivity index (χ2n) is 9.32. The van der Waals surface area contributed by atoms with Crippen LogP contribution in [0.25, 0.3) is 5.69 Å². The Morgan fingerprint density at radius 3 is 2.67 bits per heavy atom. The van der Waals surface area contributed by atoms with Crippen LogP contribution in [-0.2, 0) is 28.9 Å². The van der Waals surface area contributed by atoms with Crippen molar-refractivity contribution in [3.05, 3.63) is 91.9 Å². The Labute approximate surface area is 252 Å². The Balaban J connectivity index is 1.34. The Bertz CT molecular complexity index is 1700. The smallest absolute Gasteiger partial charge is 0.341 e. The number of aryl methyl sites for hydroxylation is 1. The third kappa shape index (κ3) is 6.73. The lowest BCUT2D eigenvalue weighted by molar-refractivity contribution is -0.384. The molecule has 2 aromatic carbocycles. The number of anilines is 1. The number of esters is 1. The number of rotatable bonds is 11. The zero-order chi connectivity index (χ0) is 30.5. The average molecular weight is 625 g/mol. The summed E-state index contributed by atoms with van der Waals surface area (Å²) in [6.45, 7) is 1.84. The number of amides is 2. The molecule has 0 unspecified atom stereocenters. The number of hydrogen-bond acceptors (Lipinski definition) is 10. The lowest BCUT2D eigenvalue weighted by Gasteiger charge is -2.11. The highest BCUT2D eigenvalue weighted by atomic mass is 32.2. The number of nitrogens with zero attached hydrogens (tertiary/aromatic N) is 4. The molecule has 0 fully saturated rings. The summed E-state index contributed by atoms with van der Waals surface area (Å²) < 4.78 is 20.4. The van der Waals surface area contributed by atoms with Gasteiger partial charge < -0.3 is 15.4 Å². The third-order valence-electron chi connectivity index (χ3n) is 6.50. The zero-order valence-corrected chi connectivity index (χ0v) is 24.4. The number of thioether (sulfide) groups is 1. The highest BCUT2D eigenvalue weighted by Crippen LogP contribution is 2.39. The molecule has 0 saturated carbocycles. The van der Waals surface area contributed by atoms with Crippen LogP contribution in [0.4, 0.5) is 15.1 Å². The van der Waals surface area contributed by atoms with Crippen molar-refractivity contribution in [1.82, 2.24) is 20.1 Å². The molecule has 0 atom stereocenters. The first-order valence-electron chi connectivity index (χ1n) is 13.2.